The average Bonchev–Trinajstić information content (AvgIpc) is 3.02. The van der Waals surface area contributed by atoms with Gasteiger partial charge in [0.15, 0.2) is 0 Å². The van der Waals surface area contributed by atoms with E-state index in [-0.39, 0.29) is 18.3 Å². The number of nitrogens with zero attached hydrogens (tertiary/aromatic N) is 1. The Balaban J connectivity index is 2.91. The standard InChI is InChI=1S/C16H27N5O4/c1-8(2)12(17)15(23)20-11(5-10-6-18-7-19-10)14(22)21-13(9(3)4)16(24)25/h6-9,11-13H,5,17H2,1-4H3,(H,18,19)(H,20,23)(H,21,22)(H,24,25)/t11-,12-,13-/m0/s1. The predicted octanol–water partition coefficient (Wildman–Crippen LogP) is -0.354. The fourth-order valence-corrected chi connectivity index (χ4v) is 2.16. The van der Waals surface area contributed by atoms with Gasteiger partial charge >= 0.3 is 5.97 Å². The molecule has 0 fully saturated rings. The van der Waals surface area contributed by atoms with Crippen LogP contribution in [-0.4, -0.2) is 51.0 Å². The molecule has 0 radical (unpaired) electrons. The van der Waals surface area contributed by atoms with E-state index in [0.29, 0.717) is 5.69 Å². The molecule has 25 heavy (non-hydrogen) atoms. The lowest BCUT2D eigenvalue weighted by Gasteiger charge is -2.24. The van der Waals surface area contributed by atoms with Crippen LogP contribution in [0.25, 0.3) is 0 Å². The molecular formula is C16H27N5O4. The topological polar surface area (TPSA) is 150 Å². The Morgan fingerprint density at radius 2 is 1.80 bits per heavy atom. The van der Waals surface area contributed by atoms with Gasteiger partial charge in [0, 0.05) is 18.3 Å². The van der Waals surface area contributed by atoms with E-state index in [1.165, 1.54) is 12.5 Å². The van der Waals surface area contributed by atoms with Crippen molar-refractivity contribution in [3.05, 3.63) is 18.2 Å². The number of rotatable bonds is 9. The summed E-state index contributed by atoms with van der Waals surface area (Å²) in [5, 5.41) is 14.3. The van der Waals surface area contributed by atoms with Gasteiger partial charge in [0.1, 0.15) is 12.1 Å². The highest BCUT2D eigenvalue weighted by molar-refractivity contribution is 5.92. The second kappa shape index (κ2) is 9.16. The number of hydrogen-bond donors (Lipinski definition) is 5. The molecule has 9 nitrogen and oxygen atoms in total. The first kappa shape index (κ1) is 20.6. The third kappa shape index (κ3) is 6.18. The minimum absolute atomic E-state index is 0.0988. The van der Waals surface area contributed by atoms with Crippen molar-refractivity contribution >= 4 is 17.8 Å². The molecule has 0 saturated carbocycles. The zero-order chi connectivity index (χ0) is 19.1. The normalized spacial score (nSPS) is 14.8. The summed E-state index contributed by atoms with van der Waals surface area (Å²) in [6.45, 7) is 6.98. The number of carbonyl (C=O) groups excluding carboxylic acids is 2. The first-order valence-electron chi connectivity index (χ1n) is 8.19. The number of nitrogens with one attached hydrogen (secondary N) is 3. The largest absolute Gasteiger partial charge is 0.480 e. The van der Waals surface area contributed by atoms with Crippen molar-refractivity contribution in [1.82, 2.24) is 20.6 Å². The van der Waals surface area contributed by atoms with Gasteiger partial charge in [0.25, 0.3) is 0 Å². The van der Waals surface area contributed by atoms with Crippen LogP contribution in [0, 0.1) is 11.8 Å². The Morgan fingerprint density at radius 1 is 1.16 bits per heavy atom. The van der Waals surface area contributed by atoms with Gasteiger partial charge < -0.3 is 26.5 Å². The first-order valence-corrected chi connectivity index (χ1v) is 8.19. The van der Waals surface area contributed by atoms with E-state index in [2.05, 4.69) is 20.6 Å². The zero-order valence-corrected chi connectivity index (χ0v) is 14.9. The van der Waals surface area contributed by atoms with Crippen molar-refractivity contribution in [2.75, 3.05) is 0 Å². The number of carbonyl (C=O) groups is 3. The lowest BCUT2D eigenvalue weighted by atomic mass is 10.0. The fraction of sp³-hybridized carbons (Fsp3) is 0.625. The van der Waals surface area contributed by atoms with E-state index >= 15 is 0 Å². The van der Waals surface area contributed by atoms with Gasteiger partial charge in [-0.05, 0) is 11.8 Å². The molecular weight excluding hydrogens is 326 g/mol. The molecule has 6 N–H and O–H groups in total. The van der Waals surface area contributed by atoms with Gasteiger partial charge in [0.2, 0.25) is 11.8 Å². The van der Waals surface area contributed by atoms with Crippen LogP contribution in [0.15, 0.2) is 12.5 Å². The van der Waals surface area contributed by atoms with Crippen molar-refractivity contribution in [1.29, 1.82) is 0 Å². The SMILES string of the molecule is CC(C)[C@H](N)C(=O)N[C@@H](Cc1cnc[nH]1)C(=O)N[C@H](C(=O)O)C(C)C. The Hall–Kier alpha value is -2.42. The minimum Gasteiger partial charge on any atom is -0.480 e. The highest BCUT2D eigenvalue weighted by Crippen LogP contribution is 2.06. The van der Waals surface area contributed by atoms with Crippen LogP contribution in [0.1, 0.15) is 33.4 Å². The summed E-state index contributed by atoms with van der Waals surface area (Å²) in [4.78, 5) is 42.8. The number of carboxylic acids is 1. The van der Waals surface area contributed by atoms with Gasteiger partial charge in [-0.25, -0.2) is 9.78 Å². The minimum atomic E-state index is -1.13. The number of aliphatic carboxylic acids is 1. The average molecular weight is 353 g/mol. The number of imidazole rings is 1. The van der Waals surface area contributed by atoms with Gasteiger partial charge in [-0.15, -0.1) is 0 Å². The van der Waals surface area contributed by atoms with Crippen molar-refractivity contribution in [2.45, 2.75) is 52.2 Å². The highest BCUT2D eigenvalue weighted by atomic mass is 16.4. The first-order chi connectivity index (χ1) is 11.6. The Labute approximate surface area is 146 Å². The Kier molecular flexibility index (Phi) is 7.56. The van der Waals surface area contributed by atoms with Crippen LogP contribution < -0.4 is 16.4 Å². The highest BCUT2D eigenvalue weighted by Gasteiger charge is 2.30. The number of nitrogens with two attached hydrogens (primary N) is 1. The lowest BCUT2D eigenvalue weighted by molar-refractivity contribution is -0.143. The molecule has 0 aliphatic carbocycles. The summed E-state index contributed by atoms with van der Waals surface area (Å²) < 4.78 is 0. The van der Waals surface area contributed by atoms with Crippen molar-refractivity contribution in [2.24, 2.45) is 17.6 Å². The molecule has 0 saturated heterocycles. The van der Waals surface area contributed by atoms with E-state index in [1.807, 2.05) is 0 Å². The molecule has 1 heterocycles. The van der Waals surface area contributed by atoms with E-state index in [4.69, 9.17) is 5.73 Å². The lowest BCUT2D eigenvalue weighted by Crippen LogP contribution is -2.56. The molecule has 0 aromatic carbocycles. The molecule has 0 aliphatic heterocycles. The summed E-state index contributed by atoms with van der Waals surface area (Å²) in [7, 11) is 0. The van der Waals surface area contributed by atoms with Crippen LogP contribution in [0.5, 0.6) is 0 Å². The molecule has 2 amide bonds. The van der Waals surface area contributed by atoms with Crippen LogP contribution in [0.3, 0.4) is 0 Å². The van der Waals surface area contributed by atoms with Gasteiger partial charge in [0.05, 0.1) is 12.4 Å². The summed E-state index contributed by atoms with van der Waals surface area (Å²) in [5.41, 5.74) is 6.46. The van der Waals surface area contributed by atoms with E-state index in [0.717, 1.165) is 0 Å². The van der Waals surface area contributed by atoms with E-state index in [9.17, 15) is 19.5 Å². The summed E-state index contributed by atoms with van der Waals surface area (Å²) >= 11 is 0. The zero-order valence-electron chi connectivity index (χ0n) is 14.9. The molecule has 9 heteroatoms. The molecule has 1 aromatic heterocycles. The second-order valence-electron chi connectivity index (χ2n) is 6.68. The van der Waals surface area contributed by atoms with Crippen molar-refractivity contribution < 1.29 is 19.5 Å². The number of hydrogen-bond acceptors (Lipinski definition) is 5. The van der Waals surface area contributed by atoms with Gasteiger partial charge in [-0.1, -0.05) is 27.7 Å². The van der Waals surface area contributed by atoms with Gasteiger partial charge in [-0.2, -0.15) is 0 Å². The molecule has 3 atom stereocenters. The fourth-order valence-electron chi connectivity index (χ4n) is 2.16. The molecule has 0 bridgehead atoms. The van der Waals surface area contributed by atoms with E-state index < -0.39 is 35.9 Å². The Morgan fingerprint density at radius 3 is 2.24 bits per heavy atom. The van der Waals surface area contributed by atoms with Crippen molar-refractivity contribution in [3.63, 3.8) is 0 Å². The molecule has 0 unspecified atom stereocenters. The molecule has 1 rings (SSSR count). The number of aromatic amines is 1. The van der Waals surface area contributed by atoms with Crippen LogP contribution in [-0.2, 0) is 20.8 Å². The van der Waals surface area contributed by atoms with Crippen LogP contribution >= 0.6 is 0 Å². The maximum absolute atomic E-state index is 12.6. The predicted molar refractivity (Wildman–Crippen MR) is 91.4 cm³/mol. The molecule has 140 valence electrons. The third-order valence-corrected chi connectivity index (χ3v) is 3.86. The van der Waals surface area contributed by atoms with Gasteiger partial charge in [-0.3, -0.25) is 9.59 Å². The van der Waals surface area contributed by atoms with Crippen molar-refractivity contribution in [3.8, 4) is 0 Å². The maximum atomic E-state index is 12.6. The summed E-state index contributed by atoms with van der Waals surface area (Å²) in [6, 6.07) is -2.77. The quantitative estimate of drug-likeness (QED) is 0.409. The van der Waals surface area contributed by atoms with Crippen LogP contribution in [0.4, 0.5) is 0 Å². The number of aromatic nitrogens is 2. The second-order valence-corrected chi connectivity index (χ2v) is 6.68. The third-order valence-electron chi connectivity index (χ3n) is 3.86. The number of amides is 2. The molecule has 0 aliphatic rings. The number of carboxylic acid groups (broad SMARTS) is 1. The summed E-state index contributed by atoms with van der Waals surface area (Å²) in [5.74, 6) is -2.58. The van der Waals surface area contributed by atoms with E-state index in [1.54, 1.807) is 27.7 Å². The monoisotopic (exact) mass is 353 g/mol. The smallest absolute Gasteiger partial charge is 0.326 e. The Bertz CT molecular complexity index is 585. The summed E-state index contributed by atoms with van der Waals surface area (Å²) in [6.07, 6.45) is 3.14. The molecule has 0 spiro atoms. The number of H-pyrrole nitrogens is 1. The maximum Gasteiger partial charge on any atom is 0.326 e. The molecule has 1 aromatic rings. The van der Waals surface area contributed by atoms with Crippen LogP contribution in [0.2, 0.25) is 0 Å².